The van der Waals surface area contributed by atoms with Crippen LogP contribution < -0.4 is 15.5 Å². The molecular weight excluding hydrogens is 452 g/mol. The molecule has 33 heavy (non-hydrogen) atoms. The Morgan fingerprint density at radius 3 is 2.06 bits per heavy atom. The van der Waals surface area contributed by atoms with Gasteiger partial charge in [0.1, 0.15) is 29.7 Å². The van der Waals surface area contributed by atoms with Crippen molar-refractivity contribution in [1.29, 1.82) is 0 Å². The van der Waals surface area contributed by atoms with Crippen LogP contribution in [-0.4, -0.2) is 46.0 Å². The number of nitrogens with one attached hydrogen (secondary N) is 2. The highest BCUT2D eigenvalue weighted by Crippen LogP contribution is 2.19. The van der Waals surface area contributed by atoms with Crippen LogP contribution in [0.1, 0.15) is 25.7 Å². The van der Waals surface area contributed by atoms with Crippen LogP contribution in [0.4, 0.5) is 20.2 Å². The first kappa shape index (κ1) is 24.5. The van der Waals surface area contributed by atoms with Gasteiger partial charge in [0.25, 0.3) is 0 Å². The van der Waals surface area contributed by atoms with Crippen LogP contribution in [0.3, 0.4) is 0 Å². The minimum absolute atomic E-state index is 0.0620. The maximum Gasteiger partial charge on any atom is 0.240 e. The normalized spacial score (nSPS) is 14.5. The van der Waals surface area contributed by atoms with Crippen molar-refractivity contribution in [3.05, 3.63) is 60.2 Å². The lowest BCUT2D eigenvalue weighted by Gasteiger charge is -2.23. The summed E-state index contributed by atoms with van der Waals surface area (Å²) in [5.74, 6) is -3.49. The van der Waals surface area contributed by atoms with Crippen molar-refractivity contribution >= 4 is 39.9 Å². The maximum atomic E-state index is 13.3. The molecule has 1 saturated carbocycles. The second-order valence-electron chi connectivity index (χ2n) is 7.79. The first-order chi connectivity index (χ1) is 15.8. The van der Waals surface area contributed by atoms with Gasteiger partial charge in [-0.05, 0) is 61.4 Å². The van der Waals surface area contributed by atoms with Crippen LogP contribution >= 0.6 is 0 Å². The largest absolute Gasteiger partial charge is 0.352 e. The number of nitrogens with zero attached hydrogens (tertiary/aromatic N) is 1. The quantitative estimate of drug-likeness (QED) is 0.581. The lowest BCUT2D eigenvalue weighted by molar-refractivity contribution is -0.123. The second kappa shape index (κ2) is 11.6. The van der Waals surface area contributed by atoms with E-state index in [4.69, 9.17) is 0 Å². The van der Waals surface area contributed by atoms with Gasteiger partial charge in [0.05, 0.1) is 0 Å². The summed E-state index contributed by atoms with van der Waals surface area (Å²) >= 11 is 0. The molecule has 2 N–H and O–H groups in total. The Labute approximate surface area is 193 Å². The second-order valence-corrected chi connectivity index (χ2v) is 9.25. The Bertz CT molecular complexity index is 1010. The van der Waals surface area contributed by atoms with Crippen molar-refractivity contribution in [2.75, 3.05) is 28.3 Å². The monoisotopic (exact) mass is 477 g/mol. The number of rotatable bonds is 9. The molecule has 1 aliphatic carbocycles. The van der Waals surface area contributed by atoms with Crippen molar-refractivity contribution < 1.29 is 27.4 Å². The van der Waals surface area contributed by atoms with Crippen LogP contribution in [0, 0.1) is 11.6 Å². The fourth-order valence-corrected chi connectivity index (χ4v) is 4.47. The minimum atomic E-state index is -1.86. The van der Waals surface area contributed by atoms with Gasteiger partial charge in [-0.25, -0.2) is 8.78 Å². The van der Waals surface area contributed by atoms with Gasteiger partial charge < -0.3 is 15.5 Å². The van der Waals surface area contributed by atoms with E-state index in [0.717, 1.165) is 42.7 Å². The summed E-state index contributed by atoms with van der Waals surface area (Å²) < 4.78 is 38.8. The van der Waals surface area contributed by atoms with Gasteiger partial charge in [-0.3, -0.25) is 18.6 Å². The Hall–Kier alpha value is -3.14. The molecule has 0 saturated heterocycles. The summed E-state index contributed by atoms with van der Waals surface area (Å²) in [6.45, 7) is -0.306. The van der Waals surface area contributed by atoms with E-state index in [2.05, 4.69) is 10.6 Å². The lowest BCUT2D eigenvalue weighted by atomic mass is 10.2. The molecule has 0 heterocycles. The summed E-state index contributed by atoms with van der Waals surface area (Å²) in [6.07, 6.45) is 3.82. The molecular formula is C23H25F2N3O4S. The Kier molecular flexibility index (Phi) is 8.65. The SMILES string of the molecule is O=C(C[S@](=O)CC(=O)N(CC(=O)NC1CCCC1)c1ccc(F)cc1)Nc1ccc(F)cc1. The molecule has 2 aromatic carbocycles. The van der Waals surface area contributed by atoms with Gasteiger partial charge >= 0.3 is 0 Å². The highest BCUT2D eigenvalue weighted by molar-refractivity contribution is 7.86. The maximum absolute atomic E-state index is 13.3. The number of halogens is 2. The molecule has 0 aromatic heterocycles. The Balaban J connectivity index is 1.61. The predicted molar refractivity (Wildman–Crippen MR) is 122 cm³/mol. The van der Waals surface area contributed by atoms with E-state index in [1.54, 1.807) is 0 Å². The number of hydrogen-bond donors (Lipinski definition) is 2. The number of benzene rings is 2. The molecule has 0 radical (unpaired) electrons. The summed E-state index contributed by atoms with van der Waals surface area (Å²) in [5.41, 5.74) is 0.622. The standard InChI is InChI=1S/C23H25F2N3O4S/c24-16-5-9-19(10-6-16)27-22(30)14-33(32)15-23(31)28(20-11-7-17(25)8-12-20)13-21(29)26-18-3-1-2-4-18/h5-12,18H,1-4,13-15H2,(H,26,29)(H,27,30)/t33-/m0/s1. The molecule has 10 heteroatoms. The van der Waals surface area contributed by atoms with E-state index >= 15 is 0 Å². The fourth-order valence-electron chi connectivity index (χ4n) is 3.57. The van der Waals surface area contributed by atoms with Crippen molar-refractivity contribution in [1.82, 2.24) is 5.32 Å². The molecule has 1 aliphatic rings. The highest BCUT2D eigenvalue weighted by atomic mass is 32.2. The highest BCUT2D eigenvalue weighted by Gasteiger charge is 2.24. The Morgan fingerprint density at radius 1 is 0.879 bits per heavy atom. The van der Waals surface area contributed by atoms with E-state index in [0.29, 0.717) is 5.69 Å². The molecule has 3 rings (SSSR count). The van der Waals surface area contributed by atoms with E-state index in [9.17, 15) is 27.4 Å². The van der Waals surface area contributed by atoms with Crippen molar-refractivity contribution in [3.8, 4) is 0 Å². The van der Waals surface area contributed by atoms with E-state index in [1.807, 2.05) is 0 Å². The molecule has 1 fully saturated rings. The van der Waals surface area contributed by atoms with Gasteiger partial charge in [0, 0.05) is 28.2 Å². The summed E-state index contributed by atoms with van der Waals surface area (Å²) in [6, 6.07) is 10.2. The topological polar surface area (TPSA) is 95.6 Å². The van der Waals surface area contributed by atoms with E-state index in [-0.39, 0.29) is 24.2 Å². The molecule has 3 amide bonds. The van der Waals surface area contributed by atoms with Gasteiger partial charge in [-0.15, -0.1) is 0 Å². The number of carbonyl (C=O) groups excluding carboxylic acids is 3. The first-order valence-corrected chi connectivity index (χ1v) is 12.0. The first-order valence-electron chi connectivity index (χ1n) is 10.6. The number of amides is 3. The van der Waals surface area contributed by atoms with Crippen LogP contribution in [0.15, 0.2) is 48.5 Å². The Morgan fingerprint density at radius 2 is 1.45 bits per heavy atom. The van der Waals surface area contributed by atoms with Crippen molar-refractivity contribution in [2.24, 2.45) is 0 Å². The summed E-state index contributed by atoms with van der Waals surface area (Å²) in [5, 5.41) is 5.37. The minimum Gasteiger partial charge on any atom is -0.352 e. The molecule has 0 aliphatic heterocycles. The summed E-state index contributed by atoms with van der Waals surface area (Å²) in [4.78, 5) is 38.6. The number of hydrogen-bond acceptors (Lipinski definition) is 4. The molecule has 2 aromatic rings. The van der Waals surface area contributed by atoms with Gasteiger partial charge in [-0.1, -0.05) is 12.8 Å². The van der Waals surface area contributed by atoms with Crippen LogP contribution in [0.25, 0.3) is 0 Å². The molecule has 1 atom stereocenters. The molecule has 0 bridgehead atoms. The van der Waals surface area contributed by atoms with E-state index in [1.165, 1.54) is 36.4 Å². The third-order valence-corrected chi connectivity index (χ3v) is 6.32. The average molecular weight is 478 g/mol. The zero-order valence-electron chi connectivity index (χ0n) is 17.9. The number of anilines is 2. The van der Waals surface area contributed by atoms with Crippen molar-refractivity contribution in [2.45, 2.75) is 31.7 Å². The fraction of sp³-hybridized carbons (Fsp3) is 0.348. The predicted octanol–water partition coefficient (Wildman–Crippen LogP) is 2.74. The zero-order valence-corrected chi connectivity index (χ0v) is 18.7. The van der Waals surface area contributed by atoms with Crippen molar-refractivity contribution in [3.63, 3.8) is 0 Å². The lowest BCUT2D eigenvalue weighted by Crippen LogP contribution is -2.45. The molecule has 176 valence electrons. The van der Waals surface area contributed by atoms with Gasteiger partial charge in [-0.2, -0.15) is 0 Å². The van der Waals surface area contributed by atoms with Crippen LogP contribution in [0.2, 0.25) is 0 Å². The van der Waals surface area contributed by atoms with Gasteiger partial charge in [0.15, 0.2) is 0 Å². The zero-order chi connectivity index (χ0) is 23.8. The van der Waals surface area contributed by atoms with Crippen LogP contribution in [0.5, 0.6) is 0 Å². The average Bonchev–Trinajstić information content (AvgIpc) is 3.27. The third kappa shape index (κ3) is 7.74. The molecule has 0 unspecified atom stereocenters. The smallest absolute Gasteiger partial charge is 0.240 e. The molecule has 7 nitrogen and oxygen atoms in total. The summed E-state index contributed by atoms with van der Waals surface area (Å²) in [7, 11) is -1.86. The third-order valence-electron chi connectivity index (χ3n) is 5.17. The number of carbonyl (C=O) groups is 3. The molecule has 0 spiro atoms. The van der Waals surface area contributed by atoms with E-state index < -0.39 is 45.8 Å². The van der Waals surface area contributed by atoms with Gasteiger partial charge in [0.2, 0.25) is 17.7 Å². The van der Waals surface area contributed by atoms with Crippen LogP contribution in [-0.2, 0) is 25.2 Å².